The molecule has 3 heterocycles. The summed E-state index contributed by atoms with van der Waals surface area (Å²) in [6.07, 6.45) is 1.65. The Labute approximate surface area is 145 Å². The number of aromatic nitrogens is 3. The summed E-state index contributed by atoms with van der Waals surface area (Å²) in [6, 6.07) is 7.13. The van der Waals surface area contributed by atoms with Crippen LogP contribution in [0.3, 0.4) is 0 Å². The van der Waals surface area contributed by atoms with Gasteiger partial charge in [0.25, 0.3) is 5.56 Å². The Morgan fingerprint density at radius 2 is 1.84 bits per heavy atom. The highest BCUT2D eigenvalue weighted by Crippen LogP contribution is 2.15. The molecule has 0 bridgehead atoms. The molecule has 0 aromatic carbocycles. The lowest BCUT2D eigenvalue weighted by molar-refractivity contribution is 0.242. The van der Waals surface area contributed by atoms with Crippen molar-refractivity contribution in [1.82, 2.24) is 19.0 Å². The predicted octanol–water partition coefficient (Wildman–Crippen LogP) is -0.327. The number of piperazine rings is 1. The van der Waals surface area contributed by atoms with Crippen LogP contribution in [0.25, 0.3) is 0 Å². The van der Waals surface area contributed by atoms with E-state index in [1.54, 1.807) is 25.4 Å². The monoisotopic (exact) mass is 340 g/mol. The van der Waals surface area contributed by atoms with Gasteiger partial charge in [0, 0.05) is 64.8 Å². The van der Waals surface area contributed by atoms with E-state index >= 15 is 0 Å². The molecule has 0 N–H and O–H groups in total. The minimum atomic E-state index is -0.307. The number of anilines is 1. The third kappa shape index (κ3) is 3.46. The Balaban J connectivity index is 1.68. The highest BCUT2D eigenvalue weighted by atomic mass is 16.2. The molecule has 0 saturated carbocycles. The SMILES string of the molecule is Cn1c(CN2CCN(c3cc(C#N)ccn3)CC2)cc(=O)n(C)c1=O. The van der Waals surface area contributed by atoms with Crippen LogP contribution in [0.5, 0.6) is 0 Å². The number of pyridine rings is 1. The molecule has 1 fully saturated rings. The normalized spacial score (nSPS) is 15.2. The number of hydrogen-bond acceptors (Lipinski definition) is 6. The summed E-state index contributed by atoms with van der Waals surface area (Å²) in [5.41, 5.74) is 0.724. The quantitative estimate of drug-likeness (QED) is 0.761. The summed E-state index contributed by atoms with van der Waals surface area (Å²) < 4.78 is 2.63. The maximum absolute atomic E-state index is 12.0. The van der Waals surface area contributed by atoms with E-state index in [-0.39, 0.29) is 11.2 Å². The highest BCUT2D eigenvalue weighted by Gasteiger charge is 2.19. The maximum atomic E-state index is 12.0. The van der Waals surface area contributed by atoms with Crippen LogP contribution in [0.4, 0.5) is 5.82 Å². The van der Waals surface area contributed by atoms with Gasteiger partial charge >= 0.3 is 5.69 Å². The standard InChI is InChI=1S/C17H20N6O2/c1-20-14(10-16(24)21(2)17(20)25)12-22-5-7-23(8-6-22)15-9-13(11-18)3-4-19-15/h3-4,9-10H,5-8,12H2,1-2H3. The maximum Gasteiger partial charge on any atom is 0.330 e. The molecule has 130 valence electrons. The Hall–Kier alpha value is -2.92. The van der Waals surface area contributed by atoms with Gasteiger partial charge in [0.1, 0.15) is 5.82 Å². The van der Waals surface area contributed by atoms with E-state index in [0.717, 1.165) is 36.6 Å². The Kier molecular flexibility index (Phi) is 4.67. The lowest BCUT2D eigenvalue weighted by Crippen LogP contribution is -2.47. The van der Waals surface area contributed by atoms with E-state index in [4.69, 9.17) is 5.26 Å². The highest BCUT2D eigenvalue weighted by molar-refractivity contribution is 5.45. The first kappa shape index (κ1) is 16.9. The fourth-order valence-electron chi connectivity index (χ4n) is 2.96. The van der Waals surface area contributed by atoms with E-state index < -0.39 is 0 Å². The van der Waals surface area contributed by atoms with Crippen LogP contribution >= 0.6 is 0 Å². The second kappa shape index (κ2) is 6.91. The molecule has 0 radical (unpaired) electrons. The van der Waals surface area contributed by atoms with Gasteiger partial charge in [-0.1, -0.05) is 0 Å². The van der Waals surface area contributed by atoms with Crippen LogP contribution in [0.1, 0.15) is 11.3 Å². The van der Waals surface area contributed by atoms with Gasteiger partial charge in [-0.3, -0.25) is 18.8 Å². The fraction of sp³-hybridized carbons (Fsp3) is 0.412. The van der Waals surface area contributed by atoms with E-state index in [2.05, 4.69) is 20.9 Å². The Bertz CT molecular complexity index is 931. The molecule has 1 aliphatic rings. The van der Waals surface area contributed by atoms with Gasteiger partial charge in [-0.15, -0.1) is 0 Å². The molecule has 0 aliphatic carbocycles. The van der Waals surface area contributed by atoms with Crippen LogP contribution in [0.2, 0.25) is 0 Å². The minimum absolute atomic E-state index is 0.283. The third-order valence-electron chi connectivity index (χ3n) is 4.58. The number of nitrogens with zero attached hydrogens (tertiary/aromatic N) is 6. The molecular formula is C17H20N6O2. The van der Waals surface area contributed by atoms with E-state index in [1.165, 1.54) is 17.7 Å². The first-order valence-corrected chi connectivity index (χ1v) is 8.09. The van der Waals surface area contributed by atoms with Gasteiger partial charge in [-0.2, -0.15) is 5.26 Å². The average Bonchev–Trinajstić information content (AvgIpc) is 2.65. The first-order chi connectivity index (χ1) is 12.0. The molecule has 0 spiro atoms. The van der Waals surface area contributed by atoms with Crippen molar-refractivity contribution in [3.8, 4) is 6.07 Å². The van der Waals surface area contributed by atoms with Crippen LogP contribution in [0.15, 0.2) is 34.0 Å². The van der Waals surface area contributed by atoms with Crippen molar-refractivity contribution in [2.24, 2.45) is 14.1 Å². The smallest absolute Gasteiger partial charge is 0.330 e. The largest absolute Gasteiger partial charge is 0.354 e. The van der Waals surface area contributed by atoms with E-state index in [9.17, 15) is 9.59 Å². The van der Waals surface area contributed by atoms with Gasteiger partial charge in [0.15, 0.2) is 0 Å². The zero-order valence-electron chi connectivity index (χ0n) is 14.3. The van der Waals surface area contributed by atoms with E-state index in [0.29, 0.717) is 17.8 Å². The Morgan fingerprint density at radius 1 is 1.12 bits per heavy atom. The average molecular weight is 340 g/mol. The zero-order valence-corrected chi connectivity index (χ0v) is 14.3. The molecule has 2 aromatic heterocycles. The lowest BCUT2D eigenvalue weighted by Gasteiger charge is -2.35. The second-order valence-corrected chi connectivity index (χ2v) is 6.15. The summed E-state index contributed by atoms with van der Waals surface area (Å²) in [7, 11) is 3.17. The summed E-state index contributed by atoms with van der Waals surface area (Å²) >= 11 is 0. The van der Waals surface area contributed by atoms with Crippen LogP contribution in [-0.2, 0) is 20.6 Å². The van der Waals surface area contributed by atoms with Crippen molar-refractivity contribution >= 4 is 5.82 Å². The zero-order chi connectivity index (χ0) is 18.0. The van der Waals surface area contributed by atoms with Gasteiger partial charge < -0.3 is 4.90 Å². The number of rotatable bonds is 3. The summed E-state index contributed by atoms with van der Waals surface area (Å²) in [6.45, 7) is 3.70. The van der Waals surface area contributed by atoms with Crippen LogP contribution < -0.4 is 16.1 Å². The molecule has 0 atom stereocenters. The fourth-order valence-corrected chi connectivity index (χ4v) is 2.96. The topological polar surface area (TPSA) is 87.2 Å². The van der Waals surface area contributed by atoms with Crippen molar-refractivity contribution in [2.75, 3.05) is 31.1 Å². The molecule has 8 nitrogen and oxygen atoms in total. The molecule has 8 heteroatoms. The molecule has 0 unspecified atom stereocenters. The molecule has 0 amide bonds. The van der Waals surface area contributed by atoms with Crippen molar-refractivity contribution < 1.29 is 0 Å². The number of hydrogen-bond donors (Lipinski definition) is 0. The minimum Gasteiger partial charge on any atom is -0.354 e. The van der Waals surface area contributed by atoms with Crippen LogP contribution in [0, 0.1) is 11.3 Å². The molecule has 1 saturated heterocycles. The van der Waals surface area contributed by atoms with Crippen molar-refractivity contribution in [3.05, 3.63) is 56.5 Å². The lowest BCUT2D eigenvalue weighted by atomic mass is 10.2. The summed E-state index contributed by atoms with van der Waals surface area (Å²) in [5.74, 6) is 0.805. The summed E-state index contributed by atoms with van der Waals surface area (Å²) in [4.78, 5) is 32.5. The van der Waals surface area contributed by atoms with Gasteiger partial charge in [0.05, 0.1) is 11.6 Å². The molecular weight excluding hydrogens is 320 g/mol. The van der Waals surface area contributed by atoms with Gasteiger partial charge in [-0.05, 0) is 12.1 Å². The molecule has 3 rings (SSSR count). The van der Waals surface area contributed by atoms with Crippen molar-refractivity contribution in [2.45, 2.75) is 6.54 Å². The number of nitriles is 1. The second-order valence-electron chi connectivity index (χ2n) is 6.15. The van der Waals surface area contributed by atoms with E-state index in [1.807, 2.05) is 0 Å². The molecule has 1 aliphatic heterocycles. The Morgan fingerprint density at radius 3 is 2.52 bits per heavy atom. The van der Waals surface area contributed by atoms with Crippen LogP contribution in [-0.4, -0.2) is 45.2 Å². The van der Waals surface area contributed by atoms with Crippen molar-refractivity contribution in [1.29, 1.82) is 5.26 Å². The third-order valence-corrected chi connectivity index (χ3v) is 4.58. The first-order valence-electron chi connectivity index (χ1n) is 8.09. The van der Waals surface area contributed by atoms with Crippen molar-refractivity contribution in [3.63, 3.8) is 0 Å². The van der Waals surface area contributed by atoms with Gasteiger partial charge in [-0.25, -0.2) is 9.78 Å². The summed E-state index contributed by atoms with van der Waals surface area (Å²) in [5, 5.41) is 9.00. The molecule has 2 aromatic rings. The predicted molar refractivity (Wildman–Crippen MR) is 93.4 cm³/mol. The van der Waals surface area contributed by atoms with Gasteiger partial charge in [0.2, 0.25) is 0 Å². The molecule has 25 heavy (non-hydrogen) atoms.